The summed E-state index contributed by atoms with van der Waals surface area (Å²) >= 11 is 0. The third kappa shape index (κ3) is 3.45. The topological polar surface area (TPSA) is 65.8 Å². The summed E-state index contributed by atoms with van der Waals surface area (Å²) in [6.45, 7) is 3.18. The number of hydrogen-bond acceptors (Lipinski definition) is 3. The van der Waals surface area contributed by atoms with Gasteiger partial charge in [-0.25, -0.2) is 4.79 Å². The molecule has 3 aromatic rings. The van der Waals surface area contributed by atoms with Gasteiger partial charge in [0, 0.05) is 31.2 Å². The molecule has 1 saturated heterocycles. The molecule has 1 fully saturated rings. The summed E-state index contributed by atoms with van der Waals surface area (Å²) < 4.78 is 5.44. The molecular formula is C22H23N3O3. The second-order valence-corrected chi connectivity index (χ2v) is 7.22. The van der Waals surface area contributed by atoms with Gasteiger partial charge in [0.15, 0.2) is 0 Å². The lowest BCUT2D eigenvalue weighted by atomic mass is 10.2. The quantitative estimate of drug-likeness (QED) is 0.747. The van der Waals surface area contributed by atoms with Crippen LogP contribution in [0.4, 0.5) is 10.5 Å². The number of carbonyl (C=O) groups excluding carboxylic acids is 2. The van der Waals surface area contributed by atoms with Gasteiger partial charge >= 0.3 is 6.03 Å². The third-order valence-corrected chi connectivity index (χ3v) is 5.29. The van der Waals surface area contributed by atoms with Crippen LogP contribution in [0.25, 0.3) is 11.0 Å². The number of anilines is 1. The van der Waals surface area contributed by atoms with Crippen molar-refractivity contribution in [3.8, 4) is 0 Å². The highest BCUT2D eigenvalue weighted by molar-refractivity contribution is 5.96. The van der Waals surface area contributed by atoms with Crippen molar-refractivity contribution < 1.29 is 14.0 Å². The molecule has 0 aliphatic carbocycles. The van der Waals surface area contributed by atoms with Crippen LogP contribution in [0.5, 0.6) is 0 Å². The number of rotatable bonds is 4. The van der Waals surface area contributed by atoms with Crippen LogP contribution in [0.1, 0.15) is 17.5 Å². The fourth-order valence-electron chi connectivity index (χ4n) is 3.63. The van der Waals surface area contributed by atoms with Gasteiger partial charge in [-0.1, -0.05) is 30.3 Å². The minimum absolute atomic E-state index is 0.0114. The van der Waals surface area contributed by atoms with Crippen molar-refractivity contribution >= 4 is 28.6 Å². The van der Waals surface area contributed by atoms with Gasteiger partial charge in [-0.05, 0) is 42.7 Å². The largest absolute Gasteiger partial charge is 0.464 e. The Morgan fingerprint density at radius 3 is 2.82 bits per heavy atom. The zero-order chi connectivity index (χ0) is 19.7. The van der Waals surface area contributed by atoms with Crippen molar-refractivity contribution in [2.45, 2.75) is 25.9 Å². The van der Waals surface area contributed by atoms with E-state index in [1.54, 1.807) is 19.4 Å². The number of benzene rings is 2. The van der Waals surface area contributed by atoms with Gasteiger partial charge in [0.2, 0.25) is 5.91 Å². The number of furan rings is 1. The van der Waals surface area contributed by atoms with Crippen LogP contribution < -0.4 is 5.32 Å². The van der Waals surface area contributed by atoms with E-state index < -0.39 is 6.04 Å². The van der Waals surface area contributed by atoms with Crippen molar-refractivity contribution in [3.05, 3.63) is 65.9 Å². The number of amides is 3. The average molecular weight is 377 g/mol. The molecule has 1 aromatic heterocycles. The van der Waals surface area contributed by atoms with Crippen LogP contribution in [0, 0.1) is 6.92 Å². The van der Waals surface area contributed by atoms with Crippen LogP contribution in [0.15, 0.2) is 59.2 Å². The second kappa shape index (κ2) is 7.38. The maximum Gasteiger partial charge on any atom is 0.322 e. The second-order valence-electron chi connectivity index (χ2n) is 7.22. The van der Waals surface area contributed by atoms with Crippen LogP contribution in [-0.2, 0) is 11.3 Å². The fraction of sp³-hybridized carbons (Fsp3) is 0.273. The average Bonchev–Trinajstić information content (AvgIpc) is 3.25. The molecule has 1 aliphatic heterocycles. The molecule has 6 nitrogen and oxygen atoms in total. The SMILES string of the molecule is Cc1coc2ccc(NC(=O)N(C)[C@@H]3CCN(Cc4ccccc4)C3=O)cc12. The van der Waals surface area contributed by atoms with E-state index in [4.69, 9.17) is 4.42 Å². The maximum absolute atomic E-state index is 12.8. The number of carbonyl (C=O) groups is 2. The molecule has 1 N–H and O–H groups in total. The minimum Gasteiger partial charge on any atom is -0.464 e. The van der Waals surface area contributed by atoms with Gasteiger partial charge in [-0.15, -0.1) is 0 Å². The molecule has 2 aromatic carbocycles. The first kappa shape index (κ1) is 18.1. The third-order valence-electron chi connectivity index (χ3n) is 5.29. The molecule has 6 heteroatoms. The van der Waals surface area contributed by atoms with E-state index in [0.29, 0.717) is 25.2 Å². The molecule has 0 bridgehead atoms. The highest BCUT2D eigenvalue weighted by Crippen LogP contribution is 2.25. The van der Waals surface area contributed by atoms with Crippen molar-refractivity contribution in [2.24, 2.45) is 0 Å². The van der Waals surface area contributed by atoms with E-state index in [2.05, 4.69) is 5.32 Å². The lowest BCUT2D eigenvalue weighted by molar-refractivity contribution is -0.131. The fourth-order valence-corrected chi connectivity index (χ4v) is 3.63. The van der Waals surface area contributed by atoms with Gasteiger partial charge in [-0.3, -0.25) is 4.79 Å². The van der Waals surface area contributed by atoms with E-state index in [1.807, 2.05) is 54.3 Å². The number of nitrogens with one attached hydrogen (secondary N) is 1. The molecule has 4 rings (SSSR count). The Morgan fingerprint density at radius 1 is 1.25 bits per heavy atom. The van der Waals surface area contributed by atoms with E-state index >= 15 is 0 Å². The van der Waals surface area contributed by atoms with Crippen LogP contribution in [0.3, 0.4) is 0 Å². The summed E-state index contributed by atoms with van der Waals surface area (Å²) in [4.78, 5) is 28.8. The molecule has 0 radical (unpaired) electrons. The normalized spacial score (nSPS) is 16.6. The van der Waals surface area contributed by atoms with Crippen molar-refractivity contribution in [1.29, 1.82) is 0 Å². The van der Waals surface area contributed by atoms with E-state index in [1.165, 1.54) is 4.90 Å². The molecule has 144 valence electrons. The van der Waals surface area contributed by atoms with Gasteiger partial charge in [0.1, 0.15) is 11.6 Å². The van der Waals surface area contributed by atoms with Gasteiger partial charge in [0.05, 0.1) is 6.26 Å². The molecule has 3 amide bonds. The van der Waals surface area contributed by atoms with E-state index in [0.717, 1.165) is 22.1 Å². The number of nitrogens with zero attached hydrogens (tertiary/aromatic N) is 2. The first-order valence-corrected chi connectivity index (χ1v) is 9.37. The Bertz CT molecular complexity index is 1010. The monoisotopic (exact) mass is 377 g/mol. The Kier molecular flexibility index (Phi) is 4.77. The molecule has 0 saturated carbocycles. The van der Waals surface area contributed by atoms with Crippen LogP contribution in [-0.4, -0.2) is 41.4 Å². The molecular weight excluding hydrogens is 354 g/mol. The highest BCUT2D eigenvalue weighted by atomic mass is 16.3. The first-order valence-electron chi connectivity index (χ1n) is 9.37. The maximum atomic E-state index is 12.8. The standard InChI is InChI=1S/C22H23N3O3/c1-15-14-28-20-9-8-17(12-18(15)20)23-22(27)24(2)19-10-11-25(21(19)26)13-16-6-4-3-5-7-16/h3-9,12,14,19H,10-11,13H2,1-2H3,(H,23,27)/t19-/m1/s1. The zero-order valence-electron chi connectivity index (χ0n) is 16.0. The molecule has 2 heterocycles. The minimum atomic E-state index is -0.442. The number of aryl methyl sites for hydroxylation is 1. The Balaban J connectivity index is 1.41. The van der Waals surface area contributed by atoms with Gasteiger partial charge in [-0.2, -0.15) is 0 Å². The summed E-state index contributed by atoms with van der Waals surface area (Å²) in [7, 11) is 1.67. The summed E-state index contributed by atoms with van der Waals surface area (Å²) in [5.41, 5.74) is 3.57. The van der Waals surface area contributed by atoms with Gasteiger partial charge < -0.3 is 19.5 Å². The van der Waals surface area contributed by atoms with Crippen molar-refractivity contribution in [2.75, 3.05) is 18.9 Å². The van der Waals surface area contributed by atoms with E-state index in [-0.39, 0.29) is 11.9 Å². The number of hydrogen-bond donors (Lipinski definition) is 1. The molecule has 0 unspecified atom stereocenters. The molecule has 1 aliphatic rings. The lowest BCUT2D eigenvalue weighted by Crippen LogP contribution is -2.44. The summed E-state index contributed by atoms with van der Waals surface area (Å²) in [6.07, 6.45) is 2.33. The summed E-state index contributed by atoms with van der Waals surface area (Å²) in [6, 6.07) is 14.7. The van der Waals surface area contributed by atoms with E-state index in [9.17, 15) is 9.59 Å². The molecule has 0 spiro atoms. The zero-order valence-corrected chi connectivity index (χ0v) is 16.0. The molecule has 1 atom stereocenters. The number of fused-ring (bicyclic) bond motifs is 1. The van der Waals surface area contributed by atoms with Gasteiger partial charge in [0.25, 0.3) is 0 Å². The predicted octanol–water partition coefficient (Wildman–Crippen LogP) is 4.01. The van der Waals surface area contributed by atoms with Crippen LogP contribution >= 0.6 is 0 Å². The predicted molar refractivity (Wildman–Crippen MR) is 108 cm³/mol. The highest BCUT2D eigenvalue weighted by Gasteiger charge is 2.36. The summed E-state index contributed by atoms with van der Waals surface area (Å²) in [5, 5.41) is 3.85. The summed E-state index contributed by atoms with van der Waals surface area (Å²) in [5.74, 6) is -0.0114. The Morgan fingerprint density at radius 2 is 2.04 bits per heavy atom. The Hall–Kier alpha value is -3.28. The number of likely N-dealkylation sites (tertiary alicyclic amines) is 1. The Labute approximate surface area is 163 Å². The van der Waals surface area contributed by atoms with Crippen molar-refractivity contribution in [1.82, 2.24) is 9.80 Å². The number of urea groups is 1. The first-order chi connectivity index (χ1) is 13.5. The lowest BCUT2D eigenvalue weighted by Gasteiger charge is -2.24. The van der Waals surface area contributed by atoms with Crippen molar-refractivity contribution in [3.63, 3.8) is 0 Å². The molecule has 28 heavy (non-hydrogen) atoms. The van der Waals surface area contributed by atoms with Crippen LogP contribution in [0.2, 0.25) is 0 Å². The number of likely N-dealkylation sites (N-methyl/N-ethyl adjacent to an activating group) is 1. The smallest absolute Gasteiger partial charge is 0.322 e.